The van der Waals surface area contributed by atoms with Crippen LogP contribution in [0.4, 0.5) is 5.82 Å². The molecule has 1 saturated heterocycles. The monoisotopic (exact) mass is 299 g/mol. The summed E-state index contributed by atoms with van der Waals surface area (Å²) in [6.07, 6.45) is -1.75. The fourth-order valence-electron chi connectivity index (χ4n) is 1.95. The Labute approximate surface area is 117 Å². The lowest BCUT2D eigenvalue weighted by Crippen LogP contribution is -2.33. The second kappa shape index (κ2) is 5.14. The fourth-order valence-corrected chi connectivity index (χ4v) is 2.97. The van der Waals surface area contributed by atoms with Gasteiger partial charge in [-0.1, -0.05) is 11.8 Å². The molecule has 0 aromatic carbocycles. The van der Waals surface area contributed by atoms with Crippen LogP contribution in [0.5, 0.6) is 0 Å². The van der Waals surface area contributed by atoms with Crippen LogP contribution >= 0.6 is 11.8 Å². The van der Waals surface area contributed by atoms with E-state index in [-0.39, 0.29) is 12.4 Å². The molecule has 4 unspecified atom stereocenters. The number of fused-ring (bicyclic) bond motifs is 1. The van der Waals surface area contributed by atoms with Gasteiger partial charge in [0.05, 0.1) is 6.61 Å². The normalized spacial score (nSPS) is 30.1. The number of ether oxygens (including phenoxy) is 1. The fraction of sp³-hybridized carbons (Fsp3) is 0.500. The van der Waals surface area contributed by atoms with E-state index < -0.39 is 23.7 Å². The summed E-state index contributed by atoms with van der Waals surface area (Å²) in [7, 11) is 0. The smallest absolute Gasteiger partial charge is 0.183 e. The van der Waals surface area contributed by atoms with Gasteiger partial charge in [0.15, 0.2) is 16.6 Å². The van der Waals surface area contributed by atoms with E-state index in [4.69, 9.17) is 15.6 Å². The molecule has 9 nitrogen and oxygen atoms in total. The van der Waals surface area contributed by atoms with Gasteiger partial charge < -0.3 is 30.8 Å². The van der Waals surface area contributed by atoms with E-state index in [1.54, 1.807) is 0 Å². The van der Waals surface area contributed by atoms with Crippen molar-refractivity contribution in [1.82, 2.24) is 19.9 Å². The third-order valence-electron chi connectivity index (χ3n) is 3.02. The molecule has 0 aliphatic carbocycles. The Hall–Kier alpha value is -1.46. The molecular formula is C10H13N5O4S. The first kappa shape index (κ1) is 13.5. The Morgan fingerprint density at radius 2 is 2.15 bits per heavy atom. The van der Waals surface area contributed by atoms with Gasteiger partial charge in [0.2, 0.25) is 0 Å². The maximum atomic E-state index is 9.85. The highest BCUT2D eigenvalue weighted by molar-refractivity contribution is 7.99. The quantitative estimate of drug-likeness (QED) is 0.454. The number of nitrogens with one attached hydrogen (secondary N) is 1. The summed E-state index contributed by atoms with van der Waals surface area (Å²) in [5.41, 5.74) is 5.86. The van der Waals surface area contributed by atoms with Crippen LogP contribution in [0.25, 0.3) is 11.2 Å². The number of nitrogen functional groups attached to an aromatic ring is 1. The number of H-pyrrole nitrogens is 1. The minimum atomic E-state index is -1.13. The summed E-state index contributed by atoms with van der Waals surface area (Å²) >= 11 is 1.08. The zero-order chi connectivity index (χ0) is 14.3. The van der Waals surface area contributed by atoms with E-state index in [2.05, 4.69) is 19.9 Å². The average Bonchev–Trinajstić information content (AvgIpc) is 2.96. The summed E-state index contributed by atoms with van der Waals surface area (Å²) in [5.74, 6) is 0.274. The third-order valence-corrected chi connectivity index (χ3v) is 4.06. The Bertz CT molecular complexity index is 623. The Morgan fingerprint density at radius 1 is 1.35 bits per heavy atom. The molecule has 2 aromatic heterocycles. The van der Waals surface area contributed by atoms with Gasteiger partial charge in [0, 0.05) is 0 Å². The number of imidazole rings is 1. The number of rotatable bonds is 3. The summed E-state index contributed by atoms with van der Waals surface area (Å²) < 4.78 is 5.35. The van der Waals surface area contributed by atoms with Crippen LogP contribution in [0.1, 0.15) is 0 Å². The minimum Gasteiger partial charge on any atom is -0.394 e. The standard InChI is InChI=1S/C10H13N5O4S/c11-7-4-8(13-2-12-7)15-10(14-4)20-9-6(18)5(17)3(1-16)19-9/h2-3,5-6,9,16-18H,1H2,(H3,11,12,13,14,15). The number of aromatic nitrogens is 4. The highest BCUT2D eigenvalue weighted by atomic mass is 32.2. The molecule has 0 radical (unpaired) electrons. The highest BCUT2D eigenvalue weighted by Crippen LogP contribution is 2.33. The lowest BCUT2D eigenvalue weighted by atomic mass is 10.2. The van der Waals surface area contributed by atoms with Crippen LogP contribution < -0.4 is 5.73 Å². The van der Waals surface area contributed by atoms with Crippen LogP contribution in [0.15, 0.2) is 11.5 Å². The topological polar surface area (TPSA) is 150 Å². The predicted molar refractivity (Wildman–Crippen MR) is 69.7 cm³/mol. The van der Waals surface area contributed by atoms with E-state index in [0.717, 1.165) is 11.8 Å². The van der Waals surface area contributed by atoms with Gasteiger partial charge >= 0.3 is 0 Å². The van der Waals surface area contributed by atoms with E-state index in [0.29, 0.717) is 16.3 Å². The molecule has 20 heavy (non-hydrogen) atoms. The lowest BCUT2D eigenvalue weighted by Gasteiger charge is -2.11. The molecule has 6 N–H and O–H groups in total. The van der Waals surface area contributed by atoms with Crippen LogP contribution in [-0.2, 0) is 4.74 Å². The molecule has 3 heterocycles. The van der Waals surface area contributed by atoms with Gasteiger partial charge in [0.1, 0.15) is 35.6 Å². The van der Waals surface area contributed by atoms with Crippen molar-refractivity contribution in [3.05, 3.63) is 6.33 Å². The minimum absolute atomic E-state index is 0.274. The van der Waals surface area contributed by atoms with Gasteiger partial charge in [0.25, 0.3) is 0 Å². The number of hydrogen-bond donors (Lipinski definition) is 5. The average molecular weight is 299 g/mol. The number of hydrogen-bond acceptors (Lipinski definition) is 9. The van der Waals surface area contributed by atoms with Crippen molar-refractivity contribution in [1.29, 1.82) is 0 Å². The Morgan fingerprint density at radius 3 is 2.80 bits per heavy atom. The number of aromatic amines is 1. The second-order valence-electron chi connectivity index (χ2n) is 4.32. The van der Waals surface area contributed by atoms with E-state index in [9.17, 15) is 10.2 Å². The summed E-state index contributed by atoms with van der Waals surface area (Å²) in [6.45, 7) is -0.367. The van der Waals surface area contributed by atoms with Crippen LogP contribution in [0.3, 0.4) is 0 Å². The Kier molecular flexibility index (Phi) is 3.48. The summed E-state index contributed by atoms with van der Waals surface area (Å²) in [4.78, 5) is 14.9. The molecule has 0 saturated carbocycles. The molecule has 1 fully saturated rings. The molecule has 4 atom stereocenters. The van der Waals surface area contributed by atoms with Crippen molar-refractivity contribution < 1.29 is 20.1 Å². The van der Waals surface area contributed by atoms with Crippen molar-refractivity contribution in [2.45, 2.75) is 28.9 Å². The molecule has 0 spiro atoms. The van der Waals surface area contributed by atoms with Crippen molar-refractivity contribution in [2.24, 2.45) is 0 Å². The van der Waals surface area contributed by atoms with Gasteiger partial charge in [-0.25, -0.2) is 15.0 Å². The van der Waals surface area contributed by atoms with Crippen LogP contribution in [0.2, 0.25) is 0 Å². The molecule has 2 aromatic rings. The molecule has 3 rings (SSSR count). The Balaban J connectivity index is 1.81. The van der Waals surface area contributed by atoms with Gasteiger partial charge in [-0.15, -0.1) is 0 Å². The molecule has 1 aliphatic rings. The highest BCUT2D eigenvalue weighted by Gasteiger charge is 2.43. The van der Waals surface area contributed by atoms with Crippen molar-refractivity contribution in [2.75, 3.05) is 12.3 Å². The number of nitrogens with zero attached hydrogens (tertiary/aromatic N) is 3. The SMILES string of the molecule is Nc1ncnc2nc(SC3OC(CO)C(O)C3O)[nH]c12. The molecule has 0 amide bonds. The first-order valence-electron chi connectivity index (χ1n) is 5.85. The lowest BCUT2D eigenvalue weighted by molar-refractivity contribution is -0.00810. The number of thioether (sulfide) groups is 1. The predicted octanol–water partition coefficient (Wildman–Crippen LogP) is -1.53. The number of anilines is 1. The van der Waals surface area contributed by atoms with Gasteiger partial charge in [-0.05, 0) is 0 Å². The van der Waals surface area contributed by atoms with Crippen LogP contribution in [-0.4, -0.2) is 65.6 Å². The zero-order valence-corrected chi connectivity index (χ0v) is 11.0. The third kappa shape index (κ3) is 2.21. The molecule has 0 bridgehead atoms. The van der Waals surface area contributed by atoms with E-state index in [1.807, 2.05) is 0 Å². The number of aliphatic hydroxyl groups is 3. The maximum Gasteiger partial charge on any atom is 0.183 e. The molecule has 108 valence electrons. The maximum absolute atomic E-state index is 9.85. The van der Waals surface area contributed by atoms with Gasteiger partial charge in [-0.2, -0.15) is 0 Å². The largest absolute Gasteiger partial charge is 0.394 e. The first-order chi connectivity index (χ1) is 9.60. The second-order valence-corrected chi connectivity index (χ2v) is 5.41. The first-order valence-corrected chi connectivity index (χ1v) is 6.73. The van der Waals surface area contributed by atoms with Crippen molar-refractivity contribution >= 4 is 28.7 Å². The van der Waals surface area contributed by atoms with Crippen molar-refractivity contribution in [3.8, 4) is 0 Å². The van der Waals surface area contributed by atoms with Gasteiger partial charge in [-0.3, -0.25) is 0 Å². The van der Waals surface area contributed by atoms with Crippen molar-refractivity contribution in [3.63, 3.8) is 0 Å². The zero-order valence-electron chi connectivity index (χ0n) is 10.2. The van der Waals surface area contributed by atoms with E-state index >= 15 is 0 Å². The van der Waals surface area contributed by atoms with Crippen LogP contribution in [0, 0.1) is 0 Å². The molecule has 10 heteroatoms. The molecule has 1 aliphatic heterocycles. The number of aliphatic hydroxyl groups excluding tert-OH is 3. The molecular weight excluding hydrogens is 286 g/mol. The van der Waals surface area contributed by atoms with E-state index in [1.165, 1.54) is 6.33 Å². The summed E-state index contributed by atoms with van der Waals surface area (Å²) in [6, 6.07) is 0. The number of nitrogens with two attached hydrogens (primary N) is 1. The summed E-state index contributed by atoms with van der Waals surface area (Å²) in [5, 5.41) is 29.0.